The van der Waals surface area contributed by atoms with Crippen LogP contribution in [0.5, 0.6) is 5.75 Å². The van der Waals surface area contributed by atoms with Crippen LogP contribution in [0.4, 0.5) is 8.78 Å². The molecule has 1 aliphatic rings. The predicted molar refractivity (Wildman–Crippen MR) is 137 cm³/mol. The minimum Gasteiger partial charge on any atom is -0.497 e. The van der Waals surface area contributed by atoms with Crippen molar-refractivity contribution in [3.63, 3.8) is 0 Å². The van der Waals surface area contributed by atoms with Crippen LogP contribution in [0.1, 0.15) is 19.8 Å². The van der Waals surface area contributed by atoms with Gasteiger partial charge in [-0.15, -0.1) is 0 Å². The number of rotatable bonds is 8. The molecule has 0 spiro atoms. The van der Waals surface area contributed by atoms with Crippen LogP contribution in [0, 0.1) is 5.82 Å². The van der Waals surface area contributed by atoms with Crippen molar-refractivity contribution in [2.75, 3.05) is 26.5 Å². The zero-order valence-electron chi connectivity index (χ0n) is 20.4. The molecule has 8 nitrogen and oxygen atoms in total. The minimum atomic E-state index is -4.20. The lowest BCUT2D eigenvalue weighted by atomic mass is 9.93. The SMILES string of the molecule is COc1ccc(S(=O)(=O)N2CCC(F)(C(=O)N[C@H](C)/C=C\S(C)(=O)=O)CC2)c(-c2cc(F)ccc2Cl)c1. The van der Waals surface area contributed by atoms with Crippen LogP contribution >= 0.6 is 11.6 Å². The van der Waals surface area contributed by atoms with Gasteiger partial charge in [-0.2, -0.15) is 4.31 Å². The molecule has 0 aliphatic carbocycles. The highest BCUT2D eigenvalue weighted by Crippen LogP contribution is 2.38. The van der Waals surface area contributed by atoms with E-state index in [2.05, 4.69) is 5.32 Å². The maximum Gasteiger partial charge on any atom is 0.258 e. The number of nitrogens with one attached hydrogen (secondary N) is 1. The van der Waals surface area contributed by atoms with Crippen LogP contribution < -0.4 is 10.1 Å². The van der Waals surface area contributed by atoms with E-state index in [0.717, 1.165) is 28.1 Å². The molecule has 13 heteroatoms. The molecular formula is C24H27ClF2N2O6S2. The van der Waals surface area contributed by atoms with Gasteiger partial charge in [-0.3, -0.25) is 4.79 Å². The zero-order valence-corrected chi connectivity index (χ0v) is 22.8. The number of piperidine rings is 1. The summed E-state index contributed by atoms with van der Waals surface area (Å²) in [6.45, 7) is 0.912. The number of sulfonamides is 1. The number of alkyl halides is 1. The fraction of sp³-hybridized carbons (Fsp3) is 0.375. The van der Waals surface area contributed by atoms with Crippen LogP contribution in [0.2, 0.25) is 5.02 Å². The third-order valence-electron chi connectivity index (χ3n) is 5.92. The molecule has 0 aromatic heterocycles. The second-order valence-corrected chi connectivity index (χ2v) is 13.0. The van der Waals surface area contributed by atoms with E-state index < -0.39 is 56.1 Å². The summed E-state index contributed by atoms with van der Waals surface area (Å²) in [5.41, 5.74) is -2.08. The van der Waals surface area contributed by atoms with Crippen molar-refractivity contribution in [1.82, 2.24) is 9.62 Å². The standard InChI is InChI=1S/C24H27ClF2N2O6S2/c1-16(8-13-36(3,31)32)28-23(30)24(27)9-11-29(12-10-24)37(33,34)22-7-5-18(35-2)15-20(22)19-14-17(26)4-6-21(19)25/h4-8,13-16H,9-12H2,1-3H3,(H,28,30)/b13-8-/t16-/m1/s1. The van der Waals surface area contributed by atoms with Crippen molar-refractivity contribution in [2.24, 2.45) is 0 Å². The van der Waals surface area contributed by atoms with Crippen LogP contribution in [0.15, 0.2) is 52.8 Å². The van der Waals surface area contributed by atoms with Crippen molar-refractivity contribution >= 4 is 37.4 Å². The van der Waals surface area contributed by atoms with Crippen molar-refractivity contribution in [1.29, 1.82) is 0 Å². The quantitative estimate of drug-likeness (QED) is 0.513. The van der Waals surface area contributed by atoms with Crippen molar-refractivity contribution in [3.05, 3.63) is 58.7 Å². The van der Waals surface area contributed by atoms with E-state index in [4.69, 9.17) is 16.3 Å². The van der Waals surface area contributed by atoms with Gasteiger partial charge in [-0.05, 0) is 43.3 Å². The molecule has 2 aromatic carbocycles. The Morgan fingerprint density at radius 3 is 2.38 bits per heavy atom. The lowest BCUT2D eigenvalue weighted by Crippen LogP contribution is -2.53. The Balaban J connectivity index is 1.84. The highest BCUT2D eigenvalue weighted by molar-refractivity contribution is 7.93. The van der Waals surface area contributed by atoms with E-state index in [0.29, 0.717) is 5.75 Å². The first-order valence-corrected chi connectivity index (χ1v) is 15.0. The molecule has 3 rings (SSSR count). The monoisotopic (exact) mass is 576 g/mol. The molecule has 1 amide bonds. The molecule has 37 heavy (non-hydrogen) atoms. The molecule has 0 radical (unpaired) electrons. The van der Waals surface area contributed by atoms with Gasteiger partial charge < -0.3 is 10.1 Å². The van der Waals surface area contributed by atoms with Gasteiger partial charge in [0.2, 0.25) is 10.0 Å². The summed E-state index contributed by atoms with van der Waals surface area (Å²) in [5, 5.41) is 3.45. The molecule has 1 fully saturated rings. The van der Waals surface area contributed by atoms with Gasteiger partial charge >= 0.3 is 0 Å². The topological polar surface area (TPSA) is 110 Å². The Morgan fingerprint density at radius 1 is 1.14 bits per heavy atom. The summed E-state index contributed by atoms with van der Waals surface area (Å²) in [6.07, 6.45) is 1.39. The zero-order chi connectivity index (χ0) is 27.6. The molecule has 1 saturated heterocycles. The number of amides is 1. The van der Waals surface area contributed by atoms with E-state index in [1.807, 2.05) is 0 Å². The van der Waals surface area contributed by atoms with Gasteiger partial charge in [-0.1, -0.05) is 17.7 Å². The largest absolute Gasteiger partial charge is 0.497 e. The Hall–Kier alpha value is -2.54. The molecule has 0 unspecified atom stereocenters. The molecular weight excluding hydrogens is 550 g/mol. The first kappa shape index (κ1) is 29.0. The fourth-order valence-corrected chi connectivity index (χ4v) is 6.24. The first-order valence-electron chi connectivity index (χ1n) is 11.2. The number of nitrogens with zero attached hydrogens (tertiary/aromatic N) is 1. The number of carbonyl (C=O) groups excluding carboxylic acids is 1. The van der Waals surface area contributed by atoms with E-state index in [1.54, 1.807) is 0 Å². The number of carbonyl (C=O) groups is 1. The Labute approximate surface area is 220 Å². The van der Waals surface area contributed by atoms with Gasteiger partial charge in [-0.25, -0.2) is 25.6 Å². The predicted octanol–water partition coefficient (Wildman–Crippen LogP) is 3.71. The molecule has 0 bridgehead atoms. The molecule has 0 saturated carbocycles. The van der Waals surface area contributed by atoms with E-state index in [1.165, 1.54) is 44.4 Å². The van der Waals surface area contributed by atoms with Gasteiger partial charge in [0.25, 0.3) is 5.91 Å². The summed E-state index contributed by atoms with van der Waals surface area (Å²) in [7, 11) is -6.22. The number of ether oxygens (including phenoxy) is 1. The second kappa shape index (κ2) is 11.1. The van der Waals surface area contributed by atoms with Crippen LogP contribution in [-0.2, 0) is 24.7 Å². The summed E-state index contributed by atoms with van der Waals surface area (Å²) < 4.78 is 85.4. The third-order valence-corrected chi connectivity index (χ3v) is 8.86. The minimum absolute atomic E-state index is 0.116. The summed E-state index contributed by atoms with van der Waals surface area (Å²) >= 11 is 6.25. The Morgan fingerprint density at radius 2 is 1.78 bits per heavy atom. The van der Waals surface area contributed by atoms with E-state index in [-0.39, 0.29) is 34.1 Å². The molecule has 1 N–H and O–H groups in total. The highest BCUT2D eigenvalue weighted by Gasteiger charge is 2.45. The van der Waals surface area contributed by atoms with Gasteiger partial charge in [0.05, 0.1) is 12.0 Å². The number of sulfone groups is 1. The maximum atomic E-state index is 15.5. The molecule has 1 atom stereocenters. The van der Waals surface area contributed by atoms with Crippen LogP contribution in [-0.4, -0.2) is 65.2 Å². The normalized spacial score (nSPS) is 17.5. The number of methoxy groups -OCH3 is 1. The van der Waals surface area contributed by atoms with Crippen molar-refractivity contribution in [3.8, 4) is 16.9 Å². The van der Waals surface area contributed by atoms with E-state index >= 15 is 4.39 Å². The smallest absolute Gasteiger partial charge is 0.258 e. The number of benzene rings is 2. The number of hydrogen-bond donors (Lipinski definition) is 1. The van der Waals surface area contributed by atoms with Crippen molar-refractivity contribution < 1.29 is 35.1 Å². The average molecular weight is 577 g/mol. The molecule has 1 aliphatic heterocycles. The maximum absolute atomic E-state index is 15.5. The first-order chi connectivity index (χ1) is 17.2. The average Bonchev–Trinajstić information content (AvgIpc) is 2.83. The fourth-order valence-electron chi connectivity index (χ4n) is 3.87. The Kier molecular flexibility index (Phi) is 8.68. The molecule has 202 valence electrons. The second-order valence-electron chi connectivity index (χ2n) is 8.78. The summed E-state index contributed by atoms with van der Waals surface area (Å²) in [6, 6.07) is 6.99. The highest BCUT2D eigenvalue weighted by atomic mass is 35.5. The van der Waals surface area contributed by atoms with Crippen LogP contribution in [0.25, 0.3) is 11.1 Å². The molecule has 1 heterocycles. The number of hydrogen-bond acceptors (Lipinski definition) is 6. The van der Waals surface area contributed by atoms with Gasteiger partial charge in [0.1, 0.15) is 11.6 Å². The van der Waals surface area contributed by atoms with E-state index in [9.17, 15) is 26.0 Å². The van der Waals surface area contributed by atoms with Gasteiger partial charge in [0, 0.05) is 59.8 Å². The summed E-state index contributed by atoms with van der Waals surface area (Å²) in [5.74, 6) is -1.24. The Bertz CT molecular complexity index is 1420. The molecule has 2 aromatic rings. The lowest BCUT2D eigenvalue weighted by molar-refractivity contribution is -0.135. The van der Waals surface area contributed by atoms with Crippen LogP contribution in [0.3, 0.4) is 0 Å². The third kappa shape index (κ3) is 6.86. The lowest BCUT2D eigenvalue weighted by Gasteiger charge is -2.35. The number of halogens is 3. The van der Waals surface area contributed by atoms with Gasteiger partial charge in [0.15, 0.2) is 15.5 Å². The van der Waals surface area contributed by atoms with Crippen molar-refractivity contribution in [2.45, 2.75) is 36.4 Å². The summed E-state index contributed by atoms with van der Waals surface area (Å²) in [4.78, 5) is 12.4.